The highest BCUT2D eigenvalue weighted by atomic mass is 16.5. The van der Waals surface area contributed by atoms with Crippen LogP contribution in [0.4, 0.5) is 11.4 Å². The van der Waals surface area contributed by atoms with E-state index in [1.165, 1.54) is 10.5 Å². The van der Waals surface area contributed by atoms with Crippen LogP contribution in [0.25, 0.3) is 0 Å². The number of carbonyl (C=O) groups excluding carboxylic acids is 2. The minimum atomic E-state index is -0.237. The van der Waals surface area contributed by atoms with Crippen molar-refractivity contribution in [3.63, 3.8) is 0 Å². The Morgan fingerprint density at radius 3 is 2.50 bits per heavy atom. The lowest BCUT2D eigenvalue weighted by molar-refractivity contribution is -0.121. The van der Waals surface area contributed by atoms with Crippen molar-refractivity contribution < 1.29 is 14.3 Å². The number of nitrogens with zero attached hydrogens (tertiary/aromatic N) is 1. The Morgan fingerprint density at radius 2 is 1.81 bits per heavy atom. The average Bonchev–Trinajstić information content (AvgIpc) is 2.74. The summed E-state index contributed by atoms with van der Waals surface area (Å²) in [5.41, 5.74) is 2.61. The molecule has 2 aromatic rings. The molecule has 5 heteroatoms. The monoisotopic (exact) mass is 352 g/mol. The molecule has 0 atom stereocenters. The van der Waals surface area contributed by atoms with Crippen LogP contribution in [0, 0.1) is 0 Å². The van der Waals surface area contributed by atoms with Gasteiger partial charge < -0.3 is 10.1 Å². The van der Waals surface area contributed by atoms with E-state index in [9.17, 15) is 9.59 Å². The van der Waals surface area contributed by atoms with Gasteiger partial charge in [0.15, 0.2) is 0 Å². The van der Waals surface area contributed by atoms with Crippen LogP contribution < -0.4 is 15.0 Å². The zero-order valence-corrected chi connectivity index (χ0v) is 15.4. The number of carbonyl (C=O) groups is 2. The maximum Gasteiger partial charge on any atom is 0.244 e. The van der Waals surface area contributed by atoms with Gasteiger partial charge in [-0.2, -0.15) is 0 Å². The highest BCUT2D eigenvalue weighted by Crippen LogP contribution is 2.31. The maximum atomic E-state index is 12.5. The number of benzene rings is 2. The van der Waals surface area contributed by atoms with Gasteiger partial charge in [0.25, 0.3) is 0 Å². The van der Waals surface area contributed by atoms with E-state index in [1.54, 1.807) is 6.07 Å². The molecule has 0 saturated carbocycles. The first-order chi connectivity index (χ1) is 12.3. The Kier molecular flexibility index (Phi) is 4.98. The fourth-order valence-electron chi connectivity index (χ4n) is 2.89. The first-order valence-electron chi connectivity index (χ1n) is 8.77. The zero-order chi connectivity index (χ0) is 18.7. The normalized spacial score (nSPS) is 14.3. The molecule has 0 aliphatic carbocycles. The first-order valence-corrected chi connectivity index (χ1v) is 8.77. The number of fused-ring (bicyclic) bond motifs is 1. The van der Waals surface area contributed by atoms with Gasteiger partial charge in [0, 0.05) is 5.69 Å². The van der Waals surface area contributed by atoms with Gasteiger partial charge in [0.05, 0.1) is 18.7 Å². The number of anilines is 2. The van der Waals surface area contributed by atoms with Crippen molar-refractivity contribution >= 4 is 23.2 Å². The van der Waals surface area contributed by atoms with Gasteiger partial charge >= 0.3 is 0 Å². The molecule has 1 heterocycles. The van der Waals surface area contributed by atoms with Gasteiger partial charge in [-0.3, -0.25) is 14.5 Å². The molecule has 1 aliphatic heterocycles. The fraction of sp³-hybridized carbons (Fsp3) is 0.333. The molecule has 0 unspecified atom stereocenters. The standard InChI is InChI=1S/C21H24N2O3/c1-21(2,3)15-8-10-16(11-9-15)22-19(24)14-23-17-6-4-5-7-18(17)26-13-12-20(23)25/h4-11H,12-14H2,1-3H3,(H,22,24). The highest BCUT2D eigenvalue weighted by molar-refractivity contribution is 6.03. The van der Waals surface area contributed by atoms with Crippen molar-refractivity contribution in [1.29, 1.82) is 0 Å². The molecule has 1 aliphatic rings. The van der Waals surface area contributed by atoms with Crippen LogP contribution in [0.1, 0.15) is 32.8 Å². The smallest absolute Gasteiger partial charge is 0.244 e. The van der Waals surface area contributed by atoms with E-state index in [0.717, 1.165) is 5.69 Å². The van der Waals surface area contributed by atoms with Crippen LogP contribution in [0.5, 0.6) is 5.75 Å². The molecule has 2 aromatic carbocycles. The summed E-state index contributed by atoms with van der Waals surface area (Å²) < 4.78 is 5.60. The molecule has 0 fully saturated rings. The Morgan fingerprint density at radius 1 is 1.12 bits per heavy atom. The topological polar surface area (TPSA) is 58.6 Å². The number of ether oxygens (including phenoxy) is 1. The largest absolute Gasteiger partial charge is 0.491 e. The molecule has 2 amide bonds. The van der Waals surface area contributed by atoms with E-state index in [-0.39, 0.29) is 30.2 Å². The minimum absolute atomic E-state index is 0.0414. The summed E-state index contributed by atoms with van der Waals surface area (Å²) in [5, 5.41) is 2.87. The SMILES string of the molecule is CC(C)(C)c1ccc(NC(=O)CN2C(=O)CCOc3ccccc32)cc1. The van der Waals surface area contributed by atoms with Gasteiger partial charge in [-0.1, -0.05) is 45.0 Å². The quantitative estimate of drug-likeness (QED) is 0.915. The average molecular weight is 352 g/mol. The molecule has 0 spiro atoms. The number of hydrogen-bond donors (Lipinski definition) is 1. The van der Waals surface area contributed by atoms with Crippen LogP contribution in [0.3, 0.4) is 0 Å². The third-order valence-electron chi connectivity index (χ3n) is 4.37. The number of rotatable bonds is 3. The van der Waals surface area contributed by atoms with Crippen molar-refractivity contribution in [2.75, 3.05) is 23.4 Å². The van der Waals surface area contributed by atoms with Crippen molar-refractivity contribution in [2.24, 2.45) is 0 Å². The number of para-hydroxylation sites is 2. The Hall–Kier alpha value is -2.82. The lowest BCUT2D eigenvalue weighted by Crippen LogP contribution is -2.37. The van der Waals surface area contributed by atoms with Crippen LogP contribution in [0.2, 0.25) is 0 Å². The zero-order valence-electron chi connectivity index (χ0n) is 15.4. The number of hydrogen-bond acceptors (Lipinski definition) is 3. The van der Waals surface area contributed by atoms with Gasteiger partial charge in [-0.15, -0.1) is 0 Å². The van der Waals surface area contributed by atoms with Gasteiger partial charge in [0.2, 0.25) is 11.8 Å². The summed E-state index contributed by atoms with van der Waals surface area (Å²) in [5.74, 6) is 0.271. The maximum absolute atomic E-state index is 12.5. The molecule has 0 aromatic heterocycles. The van der Waals surface area contributed by atoms with Crippen molar-refractivity contribution in [2.45, 2.75) is 32.6 Å². The van der Waals surface area contributed by atoms with Gasteiger partial charge in [0.1, 0.15) is 12.3 Å². The van der Waals surface area contributed by atoms with E-state index in [1.807, 2.05) is 42.5 Å². The van der Waals surface area contributed by atoms with Crippen LogP contribution in [-0.4, -0.2) is 25.0 Å². The third kappa shape index (κ3) is 4.04. The van der Waals surface area contributed by atoms with Crippen LogP contribution in [0.15, 0.2) is 48.5 Å². The molecular weight excluding hydrogens is 328 g/mol. The molecule has 0 radical (unpaired) electrons. The minimum Gasteiger partial charge on any atom is -0.491 e. The van der Waals surface area contributed by atoms with Crippen molar-refractivity contribution in [1.82, 2.24) is 0 Å². The van der Waals surface area contributed by atoms with E-state index >= 15 is 0 Å². The fourth-order valence-corrected chi connectivity index (χ4v) is 2.89. The van der Waals surface area contributed by atoms with E-state index < -0.39 is 0 Å². The summed E-state index contributed by atoms with van der Waals surface area (Å²) in [4.78, 5) is 26.4. The summed E-state index contributed by atoms with van der Waals surface area (Å²) >= 11 is 0. The van der Waals surface area contributed by atoms with E-state index in [0.29, 0.717) is 18.0 Å². The molecule has 26 heavy (non-hydrogen) atoms. The Labute approximate surface area is 154 Å². The second-order valence-corrected chi connectivity index (χ2v) is 7.42. The Balaban J connectivity index is 1.72. The third-order valence-corrected chi connectivity index (χ3v) is 4.37. The van der Waals surface area contributed by atoms with Crippen LogP contribution in [-0.2, 0) is 15.0 Å². The van der Waals surface area contributed by atoms with Crippen molar-refractivity contribution in [3.05, 3.63) is 54.1 Å². The predicted molar refractivity (Wildman–Crippen MR) is 103 cm³/mol. The second kappa shape index (κ2) is 7.20. The molecule has 5 nitrogen and oxygen atoms in total. The summed E-state index contributed by atoms with van der Waals surface area (Å²) in [6.45, 7) is 6.71. The molecule has 136 valence electrons. The van der Waals surface area contributed by atoms with Crippen LogP contribution >= 0.6 is 0 Å². The summed E-state index contributed by atoms with van der Waals surface area (Å²) in [7, 11) is 0. The van der Waals surface area contributed by atoms with E-state index in [2.05, 4.69) is 26.1 Å². The van der Waals surface area contributed by atoms with Crippen molar-refractivity contribution in [3.8, 4) is 5.75 Å². The van der Waals surface area contributed by atoms with Gasteiger partial charge in [-0.05, 0) is 35.2 Å². The molecular formula is C21H24N2O3. The summed E-state index contributed by atoms with van der Waals surface area (Å²) in [6.07, 6.45) is 0.252. The predicted octanol–water partition coefficient (Wildman–Crippen LogP) is 3.74. The molecule has 3 rings (SSSR count). The molecule has 0 bridgehead atoms. The molecule has 1 N–H and O–H groups in total. The second-order valence-electron chi connectivity index (χ2n) is 7.42. The number of amides is 2. The lowest BCUT2D eigenvalue weighted by atomic mass is 9.87. The number of nitrogens with one attached hydrogen (secondary N) is 1. The van der Waals surface area contributed by atoms with Gasteiger partial charge in [-0.25, -0.2) is 0 Å². The van der Waals surface area contributed by atoms with E-state index in [4.69, 9.17) is 4.74 Å². The first kappa shape index (κ1) is 18.0. The molecule has 0 saturated heterocycles. The Bertz CT molecular complexity index is 807. The summed E-state index contributed by atoms with van der Waals surface area (Å²) in [6, 6.07) is 15.1. The highest BCUT2D eigenvalue weighted by Gasteiger charge is 2.25. The lowest BCUT2D eigenvalue weighted by Gasteiger charge is -2.22.